The van der Waals surface area contributed by atoms with Gasteiger partial charge in [-0.15, -0.1) is 0 Å². The average Bonchev–Trinajstić information content (AvgIpc) is 3.07. The zero-order valence-corrected chi connectivity index (χ0v) is 14.2. The number of hydrogen-bond donors (Lipinski definition) is 1. The summed E-state index contributed by atoms with van der Waals surface area (Å²) in [5.41, 5.74) is 2.60. The van der Waals surface area contributed by atoms with Gasteiger partial charge in [0.2, 0.25) is 0 Å². The first-order valence-electron chi connectivity index (χ1n) is 8.11. The van der Waals surface area contributed by atoms with E-state index in [1.807, 2.05) is 11.8 Å². The van der Waals surface area contributed by atoms with E-state index in [9.17, 15) is 0 Å². The minimum atomic E-state index is 0.148. The van der Waals surface area contributed by atoms with Crippen LogP contribution in [-0.4, -0.2) is 40.5 Å². The van der Waals surface area contributed by atoms with E-state index in [1.165, 1.54) is 30.0 Å². The van der Waals surface area contributed by atoms with Crippen LogP contribution in [0.4, 0.5) is 0 Å². The van der Waals surface area contributed by atoms with Gasteiger partial charge in [0.15, 0.2) is 0 Å². The highest BCUT2D eigenvalue weighted by Gasteiger charge is 2.43. The van der Waals surface area contributed by atoms with Gasteiger partial charge in [-0.25, -0.2) is 0 Å². The summed E-state index contributed by atoms with van der Waals surface area (Å²) in [6, 6.07) is 2.63. The van der Waals surface area contributed by atoms with Gasteiger partial charge in [0.25, 0.3) is 0 Å². The minimum absolute atomic E-state index is 0.148. The van der Waals surface area contributed by atoms with Crippen LogP contribution in [0.2, 0.25) is 0 Å². The molecule has 3 atom stereocenters. The molecule has 0 radical (unpaired) electrons. The monoisotopic (exact) mass is 309 g/mol. The first-order chi connectivity index (χ1) is 10.2. The Bertz CT molecular complexity index is 482. The summed E-state index contributed by atoms with van der Waals surface area (Å²) in [5, 5.41) is 8.18. The summed E-state index contributed by atoms with van der Waals surface area (Å²) in [6.45, 7) is 6.09. The Hall–Kier alpha value is -0.520. The third kappa shape index (κ3) is 3.01. The van der Waals surface area contributed by atoms with Crippen molar-refractivity contribution in [3.63, 3.8) is 0 Å². The van der Waals surface area contributed by atoms with E-state index in [4.69, 9.17) is 4.74 Å². The Morgan fingerprint density at radius 3 is 3.14 bits per heavy atom. The van der Waals surface area contributed by atoms with E-state index < -0.39 is 0 Å². The summed E-state index contributed by atoms with van der Waals surface area (Å²) in [6.07, 6.45) is 3.54. The van der Waals surface area contributed by atoms with Gasteiger partial charge in [0.1, 0.15) is 0 Å². The molecule has 5 heteroatoms. The second kappa shape index (κ2) is 6.31. The third-order valence-electron chi connectivity index (χ3n) is 4.93. The van der Waals surface area contributed by atoms with Crippen LogP contribution in [-0.2, 0) is 11.3 Å². The van der Waals surface area contributed by atoms with Crippen molar-refractivity contribution in [3.05, 3.63) is 17.5 Å². The highest BCUT2D eigenvalue weighted by molar-refractivity contribution is 7.99. The molecule has 2 fully saturated rings. The maximum atomic E-state index is 6.18. The number of ether oxygens (including phenoxy) is 1. The fourth-order valence-electron chi connectivity index (χ4n) is 3.91. The quantitative estimate of drug-likeness (QED) is 0.928. The van der Waals surface area contributed by atoms with Gasteiger partial charge in [0, 0.05) is 18.9 Å². The van der Waals surface area contributed by atoms with Crippen LogP contribution >= 0.6 is 11.8 Å². The Labute approximate surface area is 132 Å². The topological polar surface area (TPSA) is 39.1 Å². The van der Waals surface area contributed by atoms with Crippen LogP contribution < -0.4 is 5.32 Å². The normalized spacial score (nSPS) is 30.9. The smallest absolute Gasteiger partial charge is 0.0783 e. The third-order valence-corrected chi connectivity index (χ3v) is 6.16. The molecular formula is C16H27N3OS. The molecule has 1 N–H and O–H groups in total. The van der Waals surface area contributed by atoms with Crippen molar-refractivity contribution in [2.75, 3.05) is 25.2 Å². The van der Waals surface area contributed by atoms with E-state index in [0.717, 1.165) is 25.3 Å². The lowest BCUT2D eigenvalue weighted by molar-refractivity contribution is -0.0854. The Morgan fingerprint density at radius 2 is 2.48 bits per heavy atom. The van der Waals surface area contributed by atoms with Gasteiger partial charge in [-0.05, 0) is 57.9 Å². The highest BCUT2D eigenvalue weighted by Crippen LogP contribution is 2.44. The van der Waals surface area contributed by atoms with E-state index in [0.29, 0.717) is 12.0 Å². The minimum Gasteiger partial charge on any atom is -0.374 e. The molecule has 0 saturated carbocycles. The number of thioether (sulfide) groups is 1. The molecule has 0 aromatic carbocycles. The van der Waals surface area contributed by atoms with E-state index >= 15 is 0 Å². The molecular weight excluding hydrogens is 282 g/mol. The standard InChI is InChI=1S/C16H27N3OS/c1-4-19-14(9-12(2)18-19)15(17-3)13-5-7-20-16(10-13)6-8-21-11-16/h9,13,15,17H,4-8,10-11H2,1-3H3. The molecule has 2 aliphatic rings. The predicted octanol–water partition coefficient (Wildman–Crippen LogP) is 2.77. The van der Waals surface area contributed by atoms with Crippen molar-refractivity contribution in [2.24, 2.45) is 5.92 Å². The number of nitrogens with one attached hydrogen (secondary N) is 1. The number of aromatic nitrogens is 2. The van der Waals surface area contributed by atoms with Crippen molar-refractivity contribution >= 4 is 11.8 Å². The second-order valence-corrected chi connectivity index (χ2v) is 7.48. The van der Waals surface area contributed by atoms with Crippen LogP contribution in [0.3, 0.4) is 0 Å². The van der Waals surface area contributed by atoms with Crippen molar-refractivity contribution in [1.82, 2.24) is 15.1 Å². The molecule has 2 aliphatic heterocycles. The van der Waals surface area contributed by atoms with Crippen LogP contribution in [0.25, 0.3) is 0 Å². The molecule has 1 aromatic rings. The summed E-state index contributed by atoms with van der Waals surface area (Å²) in [4.78, 5) is 0. The largest absolute Gasteiger partial charge is 0.374 e. The molecule has 0 aliphatic carbocycles. The summed E-state index contributed by atoms with van der Waals surface area (Å²) in [5.74, 6) is 3.07. The van der Waals surface area contributed by atoms with Gasteiger partial charge < -0.3 is 10.1 Å². The van der Waals surface area contributed by atoms with Crippen LogP contribution in [0.5, 0.6) is 0 Å². The number of nitrogens with zero attached hydrogens (tertiary/aromatic N) is 2. The summed E-state index contributed by atoms with van der Waals surface area (Å²) < 4.78 is 8.33. The van der Waals surface area contributed by atoms with E-state index in [1.54, 1.807) is 0 Å². The highest BCUT2D eigenvalue weighted by atomic mass is 32.2. The second-order valence-electron chi connectivity index (χ2n) is 6.38. The maximum absolute atomic E-state index is 6.18. The Morgan fingerprint density at radius 1 is 1.62 bits per heavy atom. The molecule has 21 heavy (non-hydrogen) atoms. The van der Waals surface area contributed by atoms with E-state index in [-0.39, 0.29) is 5.60 Å². The van der Waals surface area contributed by atoms with Gasteiger partial charge in [-0.1, -0.05) is 0 Å². The number of hydrogen-bond acceptors (Lipinski definition) is 4. The molecule has 118 valence electrons. The van der Waals surface area contributed by atoms with Crippen LogP contribution in [0, 0.1) is 12.8 Å². The summed E-state index contributed by atoms with van der Waals surface area (Å²) >= 11 is 2.05. The molecule has 3 heterocycles. The SMILES string of the molecule is CCn1nc(C)cc1C(NC)C1CCOC2(CCSC2)C1. The van der Waals surface area contributed by atoms with Gasteiger partial charge in [0.05, 0.1) is 23.0 Å². The van der Waals surface area contributed by atoms with Gasteiger partial charge in [-0.2, -0.15) is 16.9 Å². The molecule has 4 nitrogen and oxygen atoms in total. The lowest BCUT2D eigenvalue weighted by atomic mass is 9.80. The fourth-order valence-corrected chi connectivity index (χ4v) is 5.29. The number of rotatable bonds is 4. The van der Waals surface area contributed by atoms with Crippen molar-refractivity contribution in [3.8, 4) is 0 Å². The molecule has 3 rings (SSSR count). The Balaban J connectivity index is 1.82. The molecule has 1 aromatic heterocycles. The Kier molecular flexibility index (Phi) is 4.62. The molecule has 0 amide bonds. The maximum Gasteiger partial charge on any atom is 0.0783 e. The van der Waals surface area contributed by atoms with Gasteiger partial charge >= 0.3 is 0 Å². The first kappa shape index (κ1) is 15.4. The fraction of sp³-hybridized carbons (Fsp3) is 0.812. The molecule has 2 saturated heterocycles. The van der Waals surface area contributed by atoms with Gasteiger partial charge in [-0.3, -0.25) is 4.68 Å². The lowest BCUT2D eigenvalue weighted by Gasteiger charge is -2.41. The lowest BCUT2D eigenvalue weighted by Crippen LogP contribution is -2.43. The van der Waals surface area contributed by atoms with Crippen molar-refractivity contribution in [2.45, 2.75) is 51.3 Å². The number of aryl methyl sites for hydroxylation is 2. The van der Waals surface area contributed by atoms with E-state index in [2.05, 4.69) is 42.1 Å². The van der Waals surface area contributed by atoms with Crippen LogP contribution in [0.1, 0.15) is 43.6 Å². The first-order valence-corrected chi connectivity index (χ1v) is 9.26. The van der Waals surface area contributed by atoms with Crippen LogP contribution in [0.15, 0.2) is 6.07 Å². The zero-order chi connectivity index (χ0) is 14.9. The van der Waals surface area contributed by atoms with Crippen molar-refractivity contribution in [1.29, 1.82) is 0 Å². The zero-order valence-electron chi connectivity index (χ0n) is 13.4. The summed E-state index contributed by atoms with van der Waals surface area (Å²) in [7, 11) is 2.08. The molecule has 3 unspecified atom stereocenters. The molecule has 1 spiro atoms. The predicted molar refractivity (Wildman–Crippen MR) is 87.8 cm³/mol. The van der Waals surface area contributed by atoms with Crippen molar-refractivity contribution < 1.29 is 4.74 Å². The average molecular weight is 309 g/mol. The molecule has 0 bridgehead atoms.